The molecule has 1 atom stereocenters. The van der Waals surface area contributed by atoms with Crippen LogP contribution in [0.15, 0.2) is 36.5 Å². The molecule has 0 aliphatic heterocycles. The summed E-state index contributed by atoms with van der Waals surface area (Å²) in [5.41, 5.74) is 7.07. The lowest BCUT2D eigenvalue weighted by atomic mass is 10.1. The van der Waals surface area contributed by atoms with E-state index in [1.165, 1.54) is 0 Å². The van der Waals surface area contributed by atoms with E-state index in [2.05, 4.69) is 4.98 Å². The number of aromatic nitrogens is 1. The van der Waals surface area contributed by atoms with Crippen LogP contribution in [0.5, 0.6) is 0 Å². The van der Waals surface area contributed by atoms with E-state index >= 15 is 0 Å². The Hall–Kier alpha value is -1.49. The van der Waals surface area contributed by atoms with Crippen LogP contribution in [0, 0.1) is 0 Å². The summed E-state index contributed by atoms with van der Waals surface area (Å²) < 4.78 is 0. The number of para-hydroxylation sites is 1. The lowest BCUT2D eigenvalue weighted by molar-refractivity contribution is -0.0589. The number of nitrogens with two attached hydrogens (primary N) is 1. The van der Waals surface area contributed by atoms with E-state index in [9.17, 15) is 0 Å². The van der Waals surface area contributed by atoms with Gasteiger partial charge in [0.2, 0.25) is 0 Å². The van der Waals surface area contributed by atoms with Crippen LogP contribution < -0.4 is 5.73 Å². The van der Waals surface area contributed by atoms with E-state index in [0.29, 0.717) is 5.56 Å². The Bertz CT molecular complexity index is 471. The first kappa shape index (κ1) is 10.0. The molecule has 78 valence electrons. The molecule has 0 bridgehead atoms. The monoisotopic (exact) mass is 204 g/mol. The molecule has 15 heavy (non-hydrogen) atoms. The summed E-state index contributed by atoms with van der Waals surface area (Å²) in [7, 11) is 0. The van der Waals surface area contributed by atoms with Crippen molar-refractivity contribution in [1.82, 2.24) is 4.98 Å². The van der Waals surface area contributed by atoms with Gasteiger partial charge in [0, 0.05) is 11.6 Å². The summed E-state index contributed by atoms with van der Waals surface area (Å²) >= 11 is 0. The molecule has 1 unspecified atom stereocenters. The van der Waals surface area contributed by atoms with Crippen LogP contribution in [-0.2, 0) is 0 Å². The molecule has 0 amide bonds. The Balaban J connectivity index is 2.47. The van der Waals surface area contributed by atoms with Crippen LogP contribution in [0.25, 0.3) is 10.9 Å². The molecule has 2 aromatic rings. The quantitative estimate of drug-likeness (QED) is 0.624. The Morgan fingerprint density at radius 1 is 1.20 bits per heavy atom. The normalized spacial score (nSPS) is 13.3. The van der Waals surface area contributed by atoms with Crippen LogP contribution >= 0.6 is 0 Å². The lowest BCUT2D eigenvalue weighted by Crippen LogP contribution is -2.25. The third-order valence-corrected chi connectivity index (χ3v) is 2.32. The van der Waals surface area contributed by atoms with Gasteiger partial charge in [-0.05, 0) is 17.7 Å². The molecule has 0 saturated heterocycles. The fourth-order valence-electron chi connectivity index (χ4n) is 1.44. The van der Waals surface area contributed by atoms with Gasteiger partial charge in [0.25, 0.3) is 0 Å². The highest BCUT2D eigenvalue weighted by atomic mass is 16.5. The number of hydrogen-bond donors (Lipinski definition) is 3. The molecule has 0 fully saturated rings. The highest BCUT2D eigenvalue weighted by Gasteiger charge is 2.14. The van der Waals surface area contributed by atoms with Crippen LogP contribution in [0.2, 0.25) is 0 Å². The maximum absolute atomic E-state index is 8.95. The number of benzene rings is 1. The van der Waals surface area contributed by atoms with Gasteiger partial charge >= 0.3 is 0 Å². The molecule has 4 heteroatoms. The summed E-state index contributed by atoms with van der Waals surface area (Å²) in [6.07, 6.45) is -0.000128. The van der Waals surface area contributed by atoms with Crippen molar-refractivity contribution in [3.8, 4) is 0 Å². The second-order valence-electron chi connectivity index (χ2n) is 3.40. The minimum atomic E-state index is -1.56. The van der Waals surface area contributed by atoms with Gasteiger partial charge < -0.3 is 15.9 Å². The number of aliphatic hydroxyl groups excluding tert-OH is 1. The minimum absolute atomic E-state index is 0.615. The van der Waals surface area contributed by atoms with Gasteiger partial charge in [0.05, 0.1) is 11.6 Å². The first-order valence-corrected chi connectivity index (χ1v) is 4.65. The average Bonchev–Trinajstić information content (AvgIpc) is 2.27. The van der Waals surface area contributed by atoms with Gasteiger partial charge in [-0.1, -0.05) is 18.2 Å². The summed E-state index contributed by atoms with van der Waals surface area (Å²) in [6.45, 7) is 0. The Morgan fingerprint density at radius 2 is 1.93 bits per heavy atom. The smallest absolute Gasteiger partial charge is 0.171 e. The maximum Gasteiger partial charge on any atom is 0.171 e. The van der Waals surface area contributed by atoms with E-state index in [-0.39, 0.29) is 0 Å². The first-order valence-electron chi connectivity index (χ1n) is 4.65. The molecule has 0 saturated carbocycles. The molecule has 4 N–H and O–H groups in total. The van der Waals surface area contributed by atoms with E-state index in [0.717, 1.165) is 10.9 Å². The lowest BCUT2D eigenvalue weighted by Gasteiger charge is -2.13. The van der Waals surface area contributed by atoms with Crippen LogP contribution in [0.4, 0.5) is 0 Å². The summed E-state index contributed by atoms with van der Waals surface area (Å²) in [6, 6.07) is 8.58. The van der Waals surface area contributed by atoms with Gasteiger partial charge in [0.1, 0.15) is 0 Å². The zero-order valence-electron chi connectivity index (χ0n) is 8.04. The van der Waals surface area contributed by atoms with Crippen LogP contribution in [0.1, 0.15) is 11.6 Å². The summed E-state index contributed by atoms with van der Waals surface area (Å²) in [4.78, 5) is 4.18. The molecular weight excluding hydrogens is 192 g/mol. The third kappa shape index (κ3) is 1.97. The second kappa shape index (κ2) is 3.94. The van der Waals surface area contributed by atoms with Gasteiger partial charge in [-0.2, -0.15) is 0 Å². The van der Waals surface area contributed by atoms with Crippen molar-refractivity contribution < 1.29 is 10.2 Å². The van der Waals surface area contributed by atoms with E-state index in [1.54, 1.807) is 6.20 Å². The predicted octanol–water partition coefficient (Wildman–Crippen LogP) is 0.545. The topological polar surface area (TPSA) is 79.4 Å². The standard InChI is InChI=1S/C11H12N2O2/c12-10(11(14)15)8-5-7-3-1-2-4-9(7)13-6-8/h1-6,10-11,14-15H,12H2. The zero-order valence-corrected chi connectivity index (χ0v) is 8.04. The third-order valence-electron chi connectivity index (χ3n) is 2.32. The van der Waals surface area contributed by atoms with Crippen molar-refractivity contribution >= 4 is 10.9 Å². The second-order valence-corrected chi connectivity index (χ2v) is 3.40. The van der Waals surface area contributed by atoms with E-state index < -0.39 is 12.3 Å². The molecule has 1 aromatic carbocycles. The molecule has 1 heterocycles. The minimum Gasteiger partial charge on any atom is -0.366 e. The Labute approximate surface area is 87.0 Å². The number of aliphatic hydroxyl groups is 2. The number of rotatable bonds is 2. The van der Waals surface area contributed by atoms with Crippen molar-refractivity contribution in [3.05, 3.63) is 42.1 Å². The van der Waals surface area contributed by atoms with Crippen molar-refractivity contribution in [2.45, 2.75) is 12.3 Å². The van der Waals surface area contributed by atoms with E-state index in [4.69, 9.17) is 15.9 Å². The molecule has 0 aliphatic carbocycles. The number of nitrogens with zero attached hydrogens (tertiary/aromatic N) is 1. The van der Waals surface area contributed by atoms with Crippen molar-refractivity contribution in [1.29, 1.82) is 0 Å². The molecule has 0 aliphatic rings. The molecule has 0 spiro atoms. The summed E-state index contributed by atoms with van der Waals surface area (Å²) in [5.74, 6) is 0. The summed E-state index contributed by atoms with van der Waals surface area (Å²) in [5, 5.41) is 18.8. The molecule has 2 rings (SSSR count). The highest BCUT2D eigenvalue weighted by molar-refractivity contribution is 5.78. The number of hydrogen-bond acceptors (Lipinski definition) is 4. The molecule has 0 radical (unpaired) electrons. The fourth-order valence-corrected chi connectivity index (χ4v) is 1.44. The molecule has 4 nitrogen and oxygen atoms in total. The predicted molar refractivity (Wildman–Crippen MR) is 56.9 cm³/mol. The SMILES string of the molecule is NC(c1cnc2ccccc2c1)C(O)O. The number of fused-ring (bicyclic) bond motifs is 1. The van der Waals surface area contributed by atoms with Gasteiger partial charge in [-0.25, -0.2) is 0 Å². The fraction of sp³-hybridized carbons (Fsp3) is 0.182. The highest BCUT2D eigenvalue weighted by Crippen LogP contribution is 2.17. The first-order chi connectivity index (χ1) is 7.18. The van der Waals surface area contributed by atoms with E-state index in [1.807, 2.05) is 30.3 Å². The van der Waals surface area contributed by atoms with Gasteiger partial charge in [0.15, 0.2) is 6.29 Å². The van der Waals surface area contributed by atoms with Crippen molar-refractivity contribution in [2.24, 2.45) is 5.73 Å². The Morgan fingerprint density at radius 3 is 2.67 bits per heavy atom. The maximum atomic E-state index is 8.95. The largest absolute Gasteiger partial charge is 0.366 e. The van der Waals surface area contributed by atoms with Crippen molar-refractivity contribution in [3.63, 3.8) is 0 Å². The van der Waals surface area contributed by atoms with Crippen LogP contribution in [-0.4, -0.2) is 21.5 Å². The zero-order chi connectivity index (χ0) is 10.8. The van der Waals surface area contributed by atoms with Crippen LogP contribution in [0.3, 0.4) is 0 Å². The molecule has 1 aromatic heterocycles. The molecular formula is C11H12N2O2. The average molecular weight is 204 g/mol. The van der Waals surface area contributed by atoms with Gasteiger partial charge in [-0.3, -0.25) is 4.98 Å². The Kier molecular flexibility index (Phi) is 2.64. The number of pyridine rings is 1. The van der Waals surface area contributed by atoms with Crippen molar-refractivity contribution in [2.75, 3.05) is 0 Å². The van der Waals surface area contributed by atoms with Gasteiger partial charge in [-0.15, -0.1) is 0 Å².